The molecule has 128 valence electrons. The quantitative estimate of drug-likeness (QED) is 0.820. The predicted molar refractivity (Wildman–Crippen MR) is 101 cm³/mol. The summed E-state index contributed by atoms with van der Waals surface area (Å²) in [5.41, 5.74) is 3.65. The van der Waals surface area contributed by atoms with Crippen molar-refractivity contribution >= 4 is 29.4 Å². The van der Waals surface area contributed by atoms with Crippen LogP contribution in [0.4, 0.5) is 0 Å². The van der Waals surface area contributed by atoms with Gasteiger partial charge in [0.05, 0.1) is 12.1 Å². The number of methoxy groups -OCH3 is 1. The fourth-order valence-corrected chi connectivity index (χ4v) is 2.85. The maximum absolute atomic E-state index is 12.1. The lowest BCUT2D eigenvalue weighted by molar-refractivity contribution is -0.115. The summed E-state index contributed by atoms with van der Waals surface area (Å²) < 4.78 is 5.13. The van der Waals surface area contributed by atoms with Gasteiger partial charge in [-0.05, 0) is 42.7 Å². The lowest BCUT2D eigenvalue weighted by Crippen LogP contribution is -2.24. The Morgan fingerprint density at radius 3 is 2.60 bits per heavy atom. The third-order valence-corrected chi connectivity index (χ3v) is 4.29. The number of hydrogen-bond donors (Lipinski definition) is 1. The van der Waals surface area contributed by atoms with Gasteiger partial charge in [-0.15, -0.1) is 0 Å². The van der Waals surface area contributed by atoms with Crippen molar-refractivity contribution in [3.8, 4) is 5.75 Å². The van der Waals surface area contributed by atoms with Gasteiger partial charge in [-0.25, -0.2) is 4.99 Å². The number of nitrogens with zero attached hydrogens (tertiary/aromatic N) is 1. The molecule has 0 spiro atoms. The Balaban J connectivity index is 1.71. The van der Waals surface area contributed by atoms with E-state index in [1.807, 2.05) is 6.07 Å². The van der Waals surface area contributed by atoms with Gasteiger partial charge in [-0.3, -0.25) is 4.79 Å². The smallest absolute Gasteiger partial charge is 0.275 e. The second-order valence-electron chi connectivity index (χ2n) is 5.92. The number of halogens is 1. The van der Waals surface area contributed by atoms with Gasteiger partial charge < -0.3 is 10.1 Å². The van der Waals surface area contributed by atoms with Crippen LogP contribution in [-0.4, -0.2) is 18.9 Å². The van der Waals surface area contributed by atoms with Crippen LogP contribution < -0.4 is 10.1 Å². The van der Waals surface area contributed by atoms with Gasteiger partial charge in [-0.1, -0.05) is 47.5 Å². The van der Waals surface area contributed by atoms with E-state index in [9.17, 15) is 4.79 Å². The first-order valence-corrected chi connectivity index (χ1v) is 8.42. The standard InChI is InChI=1S/C20H19ClN2O2/c1-13-3-5-14(6-4-13)8-10-19-22-17(20(24)23-19)12-15-7-9-18(25-2)16(21)11-15/h3-7,9,11-12H,8,10H2,1-2H3,(H,22,23,24)/b17-12+. The molecule has 2 aromatic carbocycles. The third-order valence-electron chi connectivity index (χ3n) is 4.00. The van der Waals surface area contributed by atoms with Gasteiger partial charge >= 0.3 is 0 Å². The normalized spacial score (nSPS) is 15.2. The molecule has 0 aliphatic carbocycles. The van der Waals surface area contributed by atoms with Gasteiger partial charge in [0.1, 0.15) is 17.3 Å². The van der Waals surface area contributed by atoms with Gasteiger partial charge in [0.15, 0.2) is 0 Å². The molecule has 0 saturated carbocycles. The van der Waals surface area contributed by atoms with Gasteiger partial charge in [-0.2, -0.15) is 0 Å². The zero-order valence-electron chi connectivity index (χ0n) is 14.2. The Kier molecular flexibility index (Phi) is 5.19. The molecular formula is C20H19ClN2O2. The van der Waals surface area contributed by atoms with Crippen LogP contribution in [0.3, 0.4) is 0 Å². The molecule has 5 heteroatoms. The molecule has 1 amide bonds. The van der Waals surface area contributed by atoms with Crippen molar-refractivity contribution in [2.45, 2.75) is 19.8 Å². The minimum Gasteiger partial charge on any atom is -0.495 e. The number of nitrogens with one attached hydrogen (secondary N) is 1. The van der Waals surface area contributed by atoms with Crippen molar-refractivity contribution in [1.82, 2.24) is 5.32 Å². The Hall–Kier alpha value is -2.59. The molecule has 1 aliphatic heterocycles. The summed E-state index contributed by atoms with van der Waals surface area (Å²) in [4.78, 5) is 16.5. The first-order valence-electron chi connectivity index (χ1n) is 8.05. The van der Waals surface area contributed by atoms with Crippen LogP contribution in [0.15, 0.2) is 53.2 Å². The van der Waals surface area contributed by atoms with E-state index in [2.05, 4.69) is 41.5 Å². The van der Waals surface area contributed by atoms with E-state index in [1.54, 1.807) is 25.3 Å². The summed E-state index contributed by atoms with van der Waals surface area (Å²) in [6, 6.07) is 13.7. The summed E-state index contributed by atoms with van der Waals surface area (Å²) in [6.07, 6.45) is 3.25. The molecule has 1 aliphatic rings. The largest absolute Gasteiger partial charge is 0.495 e. The molecule has 25 heavy (non-hydrogen) atoms. The molecule has 4 nitrogen and oxygen atoms in total. The maximum Gasteiger partial charge on any atom is 0.275 e. The van der Waals surface area contributed by atoms with Crippen LogP contribution in [0.1, 0.15) is 23.1 Å². The van der Waals surface area contributed by atoms with Crippen LogP contribution in [0.25, 0.3) is 6.08 Å². The summed E-state index contributed by atoms with van der Waals surface area (Å²) in [6.45, 7) is 2.06. The van der Waals surface area contributed by atoms with Crippen LogP contribution in [0, 0.1) is 6.92 Å². The number of ether oxygens (including phenoxy) is 1. The molecule has 1 heterocycles. The van der Waals surface area contributed by atoms with Gasteiger partial charge in [0.2, 0.25) is 0 Å². The predicted octanol–water partition coefficient (Wildman–Crippen LogP) is 4.16. The Morgan fingerprint density at radius 1 is 1.16 bits per heavy atom. The summed E-state index contributed by atoms with van der Waals surface area (Å²) in [5, 5.41) is 3.33. The molecule has 0 fully saturated rings. The van der Waals surface area contributed by atoms with E-state index in [-0.39, 0.29) is 5.91 Å². The Bertz CT molecular complexity index is 854. The summed E-state index contributed by atoms with van der Waals surface area (Å²) in [5.74, 6) is 1.10. The van der Waals surface area contributed by atoms with Crippen LogP contribution in [-0.2, 0) is 11.2 Å². The zero-order valence-corrected chi connectivity index (χ0v) is 14.9. The summed E-state index contributed by atoms with van der Waals surface area (Å²) >= 11 is 6.12. The average molecular weight is 355 g/mol. The Labute approximate surface area is 152 Å². The van der Waals surface area contributed by atoms with E-state index < -0.39 is 0 Å². The first kappa shape index (κ1) is 17.2. The maximum atomic E-state index is 12.1. The highest BCUT2D eigenvalue weighted by atomic mass is 35.5. The zero-order chi connectivity index (χ0) is 17.8. The molecular weight excluding hydrogens is 336 g/mol. The number of carbonyl (C=O) groups excluding carboxylic acids is 1. The van der Waals surface area contributed by atoms with Crippen molar-refractivity contribution in [2.75, 3.05) is 7.11 Å². The second-order valence-corrected chi connectivity index (χ2v) is 6.33. The molecule has 0 saturated heterocycles. The number of amides is 1. The lowest BCUT2D eigenvalue weighted by atomic mass is 10.1. The van der Waals surface area contributed by atoms with Crippen LogP contribution >= 0.6 is 11.6 Å². The average Bonchev–Trinajstić information content (AvgIpc) is 2.94. The summed E-state index contributed by atoms with van der Waals surface area (Å²) in [7, 11) is 1.56. The second kappa shape index (κ2) is 7.53. The van der Waals surface area contributed by atoms with Crippen molar-refractivity contribution in [3.05, 3.63) is 69.9 Å². The minimum absolute atomic E-state index is 0.189. The molecule has 0 bridgehead atoms. The van der Waals surface area contributed by atoms with Gasteiger partial charge in [0.25, 0.3) is 5.91 Å². The topological polar surface area (TPSA) is 50.7 Å². The fraction of sp³-hybridized carbons (Fsp3) is 0.200. The van der Waals surface area contributed by atoms with Crippen LogP contribution in [0.5, 0.6) is 5.75 Å². The lowest BCUT2D eigenvalue weighted by Gasteiger charge is -2.03. The monoisotopic (exact) mass is 354 g/mol. The Morgan fingerprint density at radius 2 is 1.92 bits per heavy atom. The molecule has 0 aromatic heterocycles. The van der Waals surface area contributed by atoms with Crippen LogP contribution in [0.2, 0.25) is 5.02 Å². The third kappa shape index (κ3) is 4.28. The fourth-order valence-electron chi connectivity index (χ4n) is 2.58. The number of aryl methyl sites for hydroxylation is 2. The molecule has 0 atom stereocenters. The molecule has 2 aromatic rings. The van der Waals surface area contributed by atoms with E-state index >= 15 is 0 Å². The van der Waals surface area contributed by atoms with E-state index in [0.717, 1.165) is 12.0 Å². The highest BCUT2D eigenvalue weighted by Crippen LogP contribution is 2.26. The molecule has 1 N–H and O–H groups in total. The highest BCUT2D eigenvalue weighted by molar-refractivity contribution is 6.32. The SMILES string of the molecule is COc1ccc(/C=C2/N=C(CCc3ccc(C)cc3)NC2=O)cc1Cl. The molecule has 0 unspecified atom stereocenters. The molecule has 3 rings (SSSR count). The van der Waals surface area contributed by atoms with E-state index in [1.165, 1.54) is 11.1 Å². The highest BCUT2D eigenvalue weighted by Gasteiger charge is 2.19. The van der Waals surface area contributed by atoms with E-state index in [0.29, 0.717) is 28.7 Å². The van der Waals surface area contributed by atoms with Crippen molar-refractivity contribution in [1.29, 1.82) is 0 Å². The van der Waals surface area contributed by atoms with Crippen molar-refractivity contribution in [2.24, 2.45) is 4.99 Å². The number of amidine groups is 1. The minimum atomic E-state index is -0.189. The molecule has 0 radical (unpaired) electrons. The number of hydrogen-bond acceptors (Lipinski definition) is 3. The van der Waals surface area contributed by atoms with Crippen molar-refractivity contribution in [3.63, 3.8) is 0 Å². The number of aliphatic imine (C=N–C) groups is 1. The number of rotatable bonds is 5. The first-order chi connectivity index (χ1) is 12.0. The van der Waals surface area contributed by atoms with Crippen molar-refractivity contribution < 1.29 is 9.53 Å². The van der Waals surface area contributed by atoms with Gasteiger partial charge in [0, 0.05) is 6.42 Å². The van der Waals surface area contributed by atoms with E-state index in [4.69, 9.17) is 16.3 Å². The number of benzene rings is 2. The number of carbonyl (C=O) groups is 1.